The Bertz CT molecular complexity index is 1510. The molecule has 0 aliphatic rings. The Morgan fingerprint density at radius 1 is 0.686 bits per heavy atom. The number of fused-ring (bicyclic) bond motifs is 1. The Labute approximate surface area is 205 Å². The average Bonchev–Trinajstić information content (AvgIpc) is 3.29. The maximum absolute atomic E-state index is 13.4. The average molecular weight is 458 g/mol. The van der Waals surface area contributed by atoms with Crippen LogP contribution < -0.4 is 0 Å². The Morgan fingerprint density at radius 2 is 1.31 bits per heavy atom. The van der Waals surface area contributed by atoms with Crippen LogP contribution in [0.4, 0.5) is 0 Å². The summed E-state index contributed by atoms with van der Waals surface area (Å²) in [6.45, 7) is 4.38. The minimum Gasteiger partial charge on any atom is -0.289 e. The molecule has 0 aliphatic heterocycles. The van der Waals surface area contributed by atoms with Crippen molar-refractivity contribution in [2.45, 2.75) is 26.2 Å². The van der Waals surface area contributed by atoms with Crippen LogP contribution in [0, 0.1) is 0 Å². The van der Waals surface area contributed by atoms with Gasteiger partial charge in [-0.1, -0.05) is 111 Å². The predicted molar refractivity (Wildman–Crippen MR) is 142 cm³/mol. The summed E-state index contributed by atoms with van der Waals surface area (Å²) in [6.07, 6.45) is 2.23. The predicted octanol–water partition coefficient (Wildman–Crippen LogP) is 7.55. The lowest BCUT2D eigenvalue weighted by atomic mass is 9.92. The van der Waals surface area contributed by atoms with Crippen molar-refractivity contribution in [1.29, 1.82) is 0 Å². The first-order chi connectivity index (χ1) is 17.0. The van der Waals surface area contributed by atoms with Gasteiger partial charge in [-0.05, 0) is 28.7 Å². The van der Waals surface area contributed by atoms with Crippen LogP contribution in [0.15, 0.2) is 109 Å². The zero-order chi connectivity index (χ0) is 24.4. The number of ketones is 1. The quantitative estimate of drug-likeness (QED) is 0.247. The Morgan fingerprint density at radius 3 is 2.06 bits per heavy atom. The summed E-state index contributed by atoms with van der Waals surface area (Å²) in [4.78, 5) is 26.1. The van der Waals surface area contributed by atoms with E-state index in [9.17, 15) is 9.59 Å². The number of carbonyl (C=O) groups is 2. The molecule has 0 radical (unpaired) electrons. The zero-order valence-corrected chi connectivity index (χ0v) is 19.9. The van der Waals surface area contributed by atoms with E-state index in [4.69, 9.17) is 0 Å². The number of hydrogen-bond donors (Lipinski definition) is 0. The summed E-state index contributed by atoms with van der Waals surface area (Å²) in [5.74, 6) is 0.353. The van der Waals surface area contributed by atoms with Crippen molar-refractivity contribution in [1.82, 2.24) is 4.57 Å². The van der Waals surface area contributed by atoms with Crippen LogP contribution in [0.5, 0.6) is 0 Å². The first-order valence-electron chi connectivity index (χ1n) is 11.9. The number of nitrogens with zero attached hydrogens (tertiary/aromatic N) is 1. The topological polar surface area (TPSA) is 39.1 Å². The van der Waals surface area contributed by atoms with Crippen molar-refractivity contribution in [3.8, 4) is 11.1 Å². The van der Waals surface area contributed by atoms with Crippen LogP contribution in [0.3, 0.4) is 0 Å². The third kappa shape index (κ3) is 4.45. The van der Waals surface area contributed by atoms with Crippen molar-refractivity contribution >= 4 is 22.6 Å². The molecule has 3 heteroatoms. The van der Waals surface area contributed by atoms with Gasteiger partial charge in [-0.15, -0.1) is 0 Å². The molecule has 0 unspecified atom stereocenters. The molecule has 1 heterocycles. The van der Waals surface area contributed by atoms with E-state index >= 15 is 0 Å². The molecule has 3 nitrogen and oxygen atoms in total. The summed E-state index contributed by atoms with van der Waals surface area (Å²) in [5.41, 5.74) is 6.55. The first kappa shape index (κ1) is 22.5. The van der Waals surface area contributed by atoms with Crippen molar-refractivity contribution in [3.05, 3.63) is 132 Å². The van der Waals surface area contributed by atoms with E-state index in [-0.39, 0.29) is 18.1 Å². The highest BCUT2D eigenvalue weighted by Gasteiger charge is 2.18. The van der Waals surface area contributed by atoms with Gasteiger partial charge >= 0.3 is 0 Å². The highest BCUT2D eigenvalue weighted by atomic mass is 16.2. The molecular formula is C32H27NO2. The highest BCUT2D eigenvalue weighted by Crippen LogP contribution is 2.35. The van der Waals surface area contributed by atoms with E-state index in [1.165, 1.54) is 5.56 Å². The molecule has 0 bridgehead atoms. The van der Waals surface area contributed by atoms with Crippen LogP contribution in [-0.2, 0) is 6.42 Å². The second kappa shape index (κ2) is 9.55. The van der Waals surface area contributed by atoms with Crippen LogP contribution in [0.25, 0.3) is 22.0 Å². The van der Waals surface area contributed by atoms with Crippen molar-refractivity contribution in [2.24, 2.45) is 0 Å². The minimum atomic E-state index is -0.0201. The Balaban J connectivity index is 1.45. The molecule has 1 aromatic heterocycles. The van der Waals surface area contributed by atoms with Crippen molar-refractivity contribution in [3.63, 3.8) is 0 Å². The molecule has 172 valence electrons. The van der Waals surface area contributed by atoms with E-state index in [2.05, 4.69) is 38.1 Å². The minimum absolute atomic E-state index is 0.00314. The molecule has 4 aromatic carbocycles. The van der Waals surface area contributed by atoms with Gasteiger partial charge in [-0.2, -0.15) is 0 Å². The molecule has 0 amide bonds. The summed E-state index contributed by atoms with van der Waals surface area (Å²) in [5, 5.41) is 1.07. The second-order valence-corrected chi connectivity index (χ2v) is 9.13. The summed E-state index contributed by atoms with van der Waals surface area (Å²) >= 11 is 0. The van der Waals surface area contributed by atoms with E-state index in [1.807, 2.05) is 72.9 Å². The third-order valence-electron chi connectivity index (χ3n) is 6.46. The van der Waals surface area contributed by atoms with Gasteiger partial charge in [0.15, 0.2) is 5.78 Å². The molecule has 0 aliphatic carbocycles. The Hall–Kier alpha value is -4.24. The maximum Gasteiger partial charge on any atom is 0.235 e. The molecular weight excluding hydrogens is 430 g/mol. The maximum atomic E-state index is 13.4. The van der Waals surface area contributed by atoms with Crippen LogP contribution in [0.2, 0.25) is 0 Å². The van der Waals surface area contributed by atoms with Crippen LogP contribution in [0.1, 0.15) is 51.6 Å². The zero-order valence-electron chi connectivity index (χ0n) is 19.9. The number of benzene rings is 4. The van der Waals surface area contributed by atoms with Gasteiger partial charge in [0, 0.05) is 28.3 Å². The molecule has 0 atom stereocenters. The highest BCUT2D eigenvalue weighted by molar-refractivity contribution is 6.09. The fourth-order valence-electron chi connectivity index (χ4n) is 4.64. The summed E-state index contributed by atoms with van der Waals surface area (Å²) in [7, 11) is 0. The SMILES string of the molecule is CC(C)c1ccccc1-c1cn(C(=O)Cc2ccc(C(=O)c3ccccc3)cc2)c2ccccc12. The van der Waals surface area contributed by atoms with Gasteiger partial charge in [-0.3, -0.25) is 14.2 Å². The molecule has 0 fully saturated rings. The van der Waals surface area contributed by atoms with Gasteiger partial charge in [0.1, 0.15) is 0 Å². The largest absolute Gasteiger partial charge is 0.289 e. The smallest absolute Gasteiger partial charge is 0.235 e. The van der Waals surface area contributed by atoms with Gasteiger partial charge in [0.05, 0.1) is 11.9 Å². The number of rotatable bonds is 6. The third-order valence-corrected chi connectivity index (χ3v) is 6.46. The molecule has 0 N–H and O–H groups in total. The number of hydrogen-bond acceptors (Lipinski definition) is 2. The van der Waals surface area contributed by atoms with E-state index in [0.717, 1.165) is 27.6 Å². The second-order valence-electron chi connectivity index (χ2n) is 9.13. The van der Waals surface area contributed by atoms with Gasteiger partial charge in [0.2, 0.25) is 5.91 Å². The van der Waals surface area contributed by atoms with E-state index in [0.29, 0.717) is 17.0 Å². The molecule has 0 saturated heterocycles. The van der Waals surface area contributed by atoms with Gasteiger partial charge in [-0.25, -0.2) is 0 Å². The lowest BCUT2D eigenvalue weighted by Crippen LogP contribution is -2.12. The lowest BCUT2D eigenvalue weighted by Gasteiger charge is -2.11. The molecule has 0 saturated carbocycles. The number of carbonyl (C=O) groups excluding carboxylic acids is 2. The molecule has 5 aromatic rings. The monoisotopic (exact) mass is 457 g/mol. The number of aromatic nitrogens is 1. The summed E-state index contributed by atoms with van der Waals surface area (Å²) < 4.78 is 1.77. The fourth-order valence-corrected chi connectivity index (χ4v) is 4.64. The Kier molecular flexibility index (Phi) is 6.15. The van der Waals surface area contributed by atoms with Gasteiger partial charge < -0.3 is 0 Å². The summed E-state index contributed by atoms with van der Waals surface area (Å²) in [6, 6.07) is 33.0. The molecule has 0 spiro atoms. The standard InChI is InChI=1S/C32H27NO2/c1-22(2)26-12-6-7-13-27(26)29-21-33(30-15-9-8-14-28(29)30)31(34)20-23-16-18-25(19-17-23)32(35)24-10-4-3-5-11-24/h3-19,21-22H,20H2,1-2H3. The van der Waals surface area contributed by atoms with Crippen LogP contribution in [-0.4, -0.2) is 16.3 Å². The van der Waals surface area contributed by atoms with Crippen molar-refractivity contribution < 1.29 is 9.59 Å². The van der Waals surface area contributed by atoms with Crippen LogP contribution >= 0.6 is 0 Å². The lowest BCUT2D eigenvalue weighted by molar-refractivity contribution is 0.0919. The fraction of sp³-hybridized carbons (Fsp3) is 0.125. The van der Waals surface area contributed by atoms with Gasteiger partial charge in [0.25, 0.3) is 0 Å². The first-order valence-corrected chi connectivity index (χ1v) is 11.9. The molecule has 5 rings (SSSR count). The van der Waals surface area contributed by atoms with E-state index in [1.54, 1.807) is 16.7 Å². The molecule has 35 heavy (non-hydrogen) atoms. The normalized spacial score (nSPS) is 11.2. The van der Waals surface area contributed by atoms with Crippen molar-refractivity contribution in [2.75, 3.05) is 0 Å². The van der Waals surface area contributed by atoms with E-state index < -0.39 is 0 Å². The number of para-hydroxylation sites is 1.